The first-order chi connectivity index (χ1) is 7.83. The molecule has 1 aromatic heterocycles. The highest BCUT2D eigenvalue weighted by molar-refractivity contribution is 9.09. The van der Waals surface area contributed by atoms with E-state index in [0.717, 1.165) is 0 Å². The summed E-state index contributed by atoms with van der Waals surface area (Å²) in [6, 6.07) is 4.64. The van der Waals surface area contributed by atoms with Crippen molar-refractivity contribution in [1.82, 2.24) is 0 Å². The topological polar surface area (TPSA) is 0 Å². The Kier molecular flexibility index (Phi) is 3.76. The van der Waals surface area contributed by atoms with Crippen LogP contribution in [0.5, 0.6) is 0 Å². The Morgan fingerprint density at radius 1 is 1.24 bits per heavy atom. The molecule has 1 atom stereocenters. The Bertz CT molecular complexity index is 380. The summed E-state index contributed by atoms with van der Waals surface area (Å²) in [5.41, 5.74) is 0.756. The highest BCUT2D eigenvalue weighted by Crippen LogP contribution is 2.53. The van der Waals surface area contributed by atoms with Crippen LogP contribution in [0, 0.1) is 5.41 Å². The van der Waals surface area contributed by atoms with Gasteiger partial charge in [-0.1, -0.05) is 56.5 Å². The highest BCUT2D eigenvalue weighted by atomic mass is 79.9. The van der Waals surface area contributed by atoms with E-state index in [2.05, 4.69) is 55.8 Å². The molecule has 0 amide bonds. The van der Waals surface area contributed by atoms with Gasteiger partial charge < -0.3 is 0 Å². The summed E-state index contributed by atoms with van der Waals surface area (Å²) in [4.78, 5) is 3.55. The minimum Gasteiger partial charge on any atom is -0.144 e. The van der Waals surface area contributed by atoms with Crippen LogP contribution in [0.4, 0.5) is 0 Å². The van der Waals surface area contributed by atoms with Crippen molar-refractivity contribution in [2.75, 3.05) is 0 Å². The van der Waals surface area contributed by atoms with Crippen LogP contribution in [0.2, 0.25) is 0 Å². The summed E-state index contributed by atoms with van der Waals surface area (Å²) in [6.07, 6.45) is 5.53. The van der Waals surface area contributed by atoms with Gasteiger partial charge in [-0.25, -0.2) is 0 Å². The summed E-state index contributed by atoms with van der Waals surface area (Å²) in [5.74, 6) is 0. The van der Waals surface area contributed by atoms with Gasteiger partial charge >= 0.3 is 0 Å². The molecule has 1 aliphatic carbocycles. The van der Waals surface area contributed by atoms with Crippen LogP contribution in [-0.2, 0) is 5.41 Å². The Morgan fingerprint density at radius 2 is 1.82 bits per heavy atom. The fourth-order valence-electron chi connectivity index (χ4n) is 2.67. The molecule has 2 heteroatoms. The summed E-state index contributed by atoms with van der Waals surface area (Å²) in [5, 5.41) is 0. The van der Waals surface area contributed by atoms with Crippen LogP contribution in [0.1, 0.15) is 68.0 Å². The van der Waals surface area contributed by atoms with Crippen molar-refractivity contribution in [3.8, 4) is 0 Å². The van der Waals surface area contributed by atoms with E-state index in [1.807, 2.05) is 11.3 Å². The molecule has 1 heterocycles. The second-order valence-corrected chi connectivity index (χ2v) is 8.71. The molecule has 1 aromatic rings. The third-order valence-corrected chi connectivity index (χ3v) is 7.45. The third-order valence-electron chi connectivity index (χ3n) is 3.97. The standard InChI is InChI=1S/C15H23BrS/c1-14(2,3)12-8-7-11(17-12)13(16)15(4)9-5-6-10-15/h7-8,13H,5-6,9-10H2,1-4H3. The van der Waals surface area contributed by atoms with Gasteiger partial charge in [0.1, 0.15) is 0 Å². The van der Waals surface area contributed by atoms with Crippen molar-refractivity contribution in [2.45, 2.75) is 63.6 Å². The molecule has 1 unspecified atom stereocenters. The fraction of sp³-hybridized carbons (Fsp3) is 0.733. The molecule has 0 saturated heterocycles. The zero-order valence-electron chi connectivity index (χ0n) is 11.3. The molecule has 0 N–H and O–H groups in total. The van der Waals surface area contributed by atoms with Crippen molar-refractivity contribution in [3.05, 3.63) is 21.9 Å². The van der Waals surface area contributed by atoms with E-state index in [1.165, 1.54) is 35.4 Å². The van der Waals surface area contributed by atoms with E-state index in [4.69, 9.17) is 0 Å². The van der Waals surface area contributed by atoms with Crippen LogP contribution in [0.15, 0.2) is 12.1 Å². The lowest BCUT2D eigenvalue weighted by atomic mass is 9.84. The fourth-order valence-corrected chi connectivity index (χ4v) is 4.78. The Morgan fingerprint density at radius 3 is 2.29 bits per heavy atom. The summed E-state index contributed by atoms with van der Waals surface area (Å²) >= 11 is 5.95. The van der Waals surface area contributed by atoms with Gasteiger partial charge in [-0.2, -0.15) is 0 Å². The molecule has 96 valence electrons. The lowest BCUT2D eigenvalue weighted by molar-refractivity contribution is 0.334. The molecule has 0 aromatic carbocycles. The Hall–Kier alpha value is 0.180. The maximum absolute atomic E-state index is 3.96. The Labute approximate surface area is 118 Å². The van der Waals surface area contributed by atoms with Crippen molar-refractivity contribution in [3.63, 3.8) is 0 Å². The summed E-state index contributed by atoms with van der Waals surface area (Å²) in [6.45, 7) is 9.32. The molecule has 0 nitrogen and oxygen atoms in total. The maximum atomic E-state index is 3.96. The van der Waals surface area contributed by atoms with E-state index in [1.54, 1.807) is 0 Å². The summed E-state index contributed by atoms with van der Waals surface area (Å²) < 4.78 is 0. The number of hydrogen-bond donors (Lipinski definition) is 0. The van der Waals surface area contributed by atoms with Crippen LogP contribution in [0.3, 0.4) is 0 Å². The van der Waals surface area contributed by atoms with Crippen molar-refractivity contribution < 1.29 is 0 Å². The third kappa shape index (κ3) is 2.78. The van der Waals surface area contributed by atoms with Gasteiger partial charge in [0.05, 0.1) is 4.83 Å². The SMILES string of the molecule is CC(C)(C)c1ccc(C(Br)C2(C)CCCC2)s1. The van der Waals surface area contributed by atoms with E-state index in [-0.39, 0.29) is 5.41 Å². The predicted molar refractivity (Wildman–Crippen MR) is 81.3 cm³/mol. The van der Waals surface area contributed by atoms with Crippen LogP contribution < -0.4 is 0 Å². The normalized spacial score (nSPS) is 21.7. The van der Waals surface area contributed by atoms with E-state index in [9.17, 15) is 0 Å². The smallest absolute Gasteiger partial charge is 0.0542 e. The molecule has 0 radical (unpaired) electrons. The molecule has 0 spiro atoms. The lowest BCUT2D eigenvalue weighted by Gasteiger charge is -2.29. The zero-order chi connectivity index (χ0) is 12.7. The molecule has 1 aliphatic rings. The quantitative estimate of drug-likeness (QED) is 0.582. The number of thiophene rings is 1. The average Bonchev–Trinajstić information content (AvgIpc) is 2.84. The van der Waals surface area contributed by atoms with Gasteiger partial charge in [0.25, 0.3) is 0 Å². The van der Waals surface area contributed by atoms with E-state index < -0.39 is 0 Å². The largest absolute Gasteiger partial charge is 0.144 e. The first-order valence-corrected chi connectivity index (χ1v) is 8.30. The monoisotopic (exact) mass is 314 g/mol. The van der Waals surface area contributed by atoms with Gasteiger partial charge in [-0.05, 0) is 35.8 Å². The van der Waals surface area contributed by atoms with Crippen molar-refractivity contribution >= 4 is 27.3 Å². The number of alkyl halides is 1. The van der Waals surface area contributed by atoms with Crippen LogP contribution in [-0.4, -0.2) is 0 Å². The van der Waals surface area contributed by atoms with Gasteiger partial charge in [-0.3, -0.25) is 0 Å². The second kappa shape index (κ2) is 4.70. The zero-order valence-corrected chi connectivity index (χ0v) is 13.7. The first-order valence-electron chi connectivity index (χ1n) is 6.57. The minimum absolute atomic E-state index is 0.284. The van der Waals surface area contributed by atoms with Crippen molar-refractivity contribution in [1.29, 1.82) is 0 Å². The minimum atomic E-state index is 0.284. The molecule has 0 aliphatic heterocycles. The van der Waals surface area contributed by atoms with E-state index >= 15 is 0 Å². The second-order valence-electron chi connectivity index (χ2n) is 6.68. The van der Waals surface area contributed by atoms with Crippen LogP contribution in [0.25, 0.3) is 0 Å². The van der Waals surface area contributed by atoms with E-state index in [0.29, 0.717) is 10.2 Å². The number of hydrogen-bond acceptors (Lipinski definition) is 1. The lowest BCUT2D eigenvalue weighted by Crippen LogP contribution is -2.16. The predicted octanol–water partition coefficient (Wildman–Crippen LogP) is 6.06. The van der Waals surface area contributed by atoms with Gasteiger partial charge in [0.15, 0.2) is 0 Å². The molecule has 1 saturated carbocycles. The molecule has 17 heavy (non-hydrogen) atoms. The number of rotatable bonds is 2. The first kappa shape index (κ1) is 13.6. The highest BCUT2D eigenvalue weighted by Gasteiger charge is 2.37. The van der Waals surface area contributed by atoms with Gasteiger partial charge in [0.2, 0.25) is 0 Å². The molecule has 0 bridgehead atoms. The van der Waals surface area contributed by atoms with Crippen LogP contribution >= 0.6 is 27.3 Å². The van der Waals surface area contributed by atoms with Gasteiger partial charge in [0, 0.05) is 9.75 Å². The number of halogens is 1. The molecular formula is C15H23BrS. The molecule has 2 rings (SSSR count). The van der Waals surface area contributed by atoms with Gasteiger partial charge in [-0.15, -0.1) is 11.3 Å². The summed E-state index contributed by atoms with van der Waals surface area (Å²) in [7, 11) is 0. The average molecular weight is 315 g/mol. The molecular weight excluding hydrogens is 292 g/mol. The Balaban J connectivity index is 2.20. The molecule has 1 fully saturated rings. The van der Waals surface area contributed by atoms with Crippen molar-refractivity contribution in [2.24, 2.45) is 5.41 Å². The maximum Gasteiger partial charge on any atom is 0.0542 e.